The molecule has 2 heterocycles. The zero-order valence-corrected chi connectivity index (χ0v) is 18.5. The van der Waals surface area contributed by atoms with Crippen LogP contribution in [0, 0.1) is 0 Å². The number of phenolic OH excluding ortho intramolecular Hbond substituents is 1. The van der Waals surface area contributed by atoms with E-state index in [1.54, 1.807) is 24.4 Å². The van der Waals surface area contributed by atoms with Crippen LogP contribution in [0.2, 0.25) is 0 Å². The summed E-state index contributed by atoms with van der Waals surface area (Å²) < 4.78 is 0. The molecule has 0 saturated carbocycles. The van der Waals surface area contributed by atoms with Crippen molar-refractivity contribution < 1.29 is 31.3 Å². The average Bonchev–Trinajstić information content (AvgIpc) is 2.77. The first kappa shape index (κ1) is 20.7. The minimum absolute atomic E-state index is 0. The standard InChI is InChI=1S/C25H17N3O2.Pt/c29-23-12-4-8-16-7-3-11-20(24(16)23)27-15-22-18-9-2-1-6-17(18)14-21(28-22)19-10-5-13-26-25(19)30;/h1-15,29H,(H,26,30);. The Morgan fingerprint density at radius 3 is 2.42 bits per heavy atom. The maximum atomic E-state index is 10.3. The van der Waals surface area contributed by atoms with Gasteiger partial charge in [-0.2, -0.15) is 0 Å². The molecule has 0 atom stereocenters. The number of hydrogen-bond acceptors (Lipinski definition) is 5. The smallest absolute Gasteiger partial charge is 0.220 e. The van der Waals surface area contributed by atoms with Gasteiger partial charge in [-0.3, -0.25) is 4.99 Å². The number of phenols is 1. The molecular weight excluding hydrogens is 569 g/mol. The van der Waals surface area contributed by atoms with Crippen LogP contribution in [0.1, 0.15) is 5.69 Å². The van der Waals surface area contributed by atoms with Crippen molar-refractivity contribution in [1.82, 2.24) is 9.97 Å². The van der Waals surface area contributed by atoms with E-state index in [2.05, 4.69) is 9.98 Å². The summed E-state index contributed by atoms with van der Waals surface area (Å²) in [6.45, 7) is 0. The number of benzene rings is 3. The van der Waals surface area contributed by atoms with Crippen LogP contribution in [0.5, 0.6) is 11.6 Å². The number of nitrogens with zero attached hydrogens (tertiary/aromatic N) is 3. The van der Waals surface area contributed by atoms with Gasteiger partial charge < -0.3 is 10.2 Å². The Morgan fingerprint density at radius 2 is 1.58 bits per heavy atom. The van der Waals surface area contributed by atoms with Crippen LogP contribution in [-0.4, -0.2) is 26.4 Å². The van der Waals surface area contributed by atoms with Crippen molar-refractivity contribution in [3.05, 3.63) is 90.8 Å². The SMILES string of the molecule is Oc1ncccc1-c1cc2ccccc2c(C=Nc2cccc3cccc(O)c23)n1.[Pt]. The molecule has 0 amide bonds. The molecule has 0 aliphatic rings. The van der Waals surface area contributed by atoms with Crippen molar-refractivity contribution in [2.24, 2.45) is 4.99 Å². The quantitative estimate of drug-likeness (QED) is 0.270. The fourth-order valence-electron chi connectivity index (χ4n) is 3.60. The van der Waals surface area contributed by atoms with E-state index in [1.807, 2.05) is 60.7 Å². The number of pyridine rings is 2. The van der Waals surface area contributed by atoms with Crippen LogP contribution in [0.25, 0.3) is 32.8 Å². The third-order valence-electron chi connectivity index (χ3n) is 5.02. The number of fused-ring (bicyclic) bond motifs is 2. The van der Waals surface area contributed by atoms with E-state index in [4.69, 9.17) is 4.98 Å². The van der Waals surface area contributed by atoms with Gasteiger partial charge in [0.15, 0.2) is 0 Å². The zero-order valence-electron chi connectivity index (χ0n) is 16.2. The summed E-state index contributed by atoms with van der Waals surface area (Å²) in [7, 11) is 0. The molecule has 0 radical (unpaired) electrons. The third-order valence-corrected chi connectivity index (χ3v) is 5.02. The summed E-state index contributed by atoms with van der Waals surface area (Å²) >= 11 is 0. The molecule has 2 N–H and O–H groups in total. The Balaban J connectivity index is 0.00000231. The van der Waals surface area contributed by atoms with Crippen molar-refractivity contribution in [3.8, 4) is 22.9 Å². The Bertz CT molecular complexity index is 1430. The van der Waals surface area contributed by atoms with Crippen LogP contribution in [0.4, 0.5) is 5.69 Å². The minimum Gasteiger partial charge on any atom is -0.507 e. The second-order valence-corrected chi connectivity index (χ2v) is 6.90. The van der Waals surface area contributed by atoms with Gasteiger partial charge in [-0.15, -0.1) is 0 Å². The van der Waals surface area contributed by atoms with Gasteiger partial charge in [0.2, 0.25) is 5.88 Å². The van der Waals surface area contributed by atoms with Gasteiger partial charge in [-0.1, -0.05) is 48.5 Å². The van der Waals surface area contributed by atoms with E-state index in [1.165, 1.54) is 6.20 Å². The van der Waals surface area contributed by atoms with E-state index in [0.29, 0.717) is 28.0 Å². The van der Waals surface area contributed by atoms with Gasteiger partial charge >= 0.3 is 0 Å². The molecule has 5 aromatic rings. The summed E-state index contributed by atoms with van der Waals surface area (Å²) in [6.07, 6.45) is 3.23. The maximum absolute atomic E-state index is 10.3. The normalized spacial score (nSPS) is 11.1. The molecule has 5 nitrogen and oxygen atoms in total. The summed E-state index contributed by atoms with van der Waals surface area (Å²) in [5, 5.41) is 24.0. The molecule has 0 fully saturated rings. The van der Waals surface area contributed by atoms with Crippen molar-refractivity contribution in [3.63, 3.8) is 0 Å². The van der Waals surface area contributed by atoms with E-state index < -0.39 is 0 Å². The molecule has 0 aliphatic carbocycles. The zero-order chi connectivity index (χ0) is 20.5. The number of aromatic hydroxyl groups is 2. The molecule has 5 rings (SSSR count). The second kappa shape index (κ2) is 8.66. The molecule has 0 unspecified atom stereocenters. The Morgan fingerprint density at radius 1 is 0.806 bits per heavy atom. The van der Waals surface area contributed by atoms with Gasteiger partial charge in [-0.05, 0) is 41.1 Å². The van der Waals surface area contributed by atoms with Crippen molar-refractivity contribution in [2.75, 3.05) is 0 Å². The van der Waals surface area contributed by atoms with E-state index in [9.17, 15) is 10.2 Å². The van der Waals surface area contributed by atoms with Crippen molar-refractivity contribution in [2.45, 2.75) is 0 Å². The Kier molecular flexibility index (Phi) is 5.79. The van der Waals surface area contributed by atoms with E-state index >= 15 is 0 Å². The Labute approximate surface area is 193 Å². The van der Waals surface area contributed by atoms with Crippen LogP contribution < -0.4 is 0 Å². The number of aliphatic imine (C=N–C) groups is 1. The largest absolute Gasteiger partial charge is 0.507 e. The molecule has 31 heavy (non-hydrogen) atoms. The molecular formula is C25H17N3O2Pt. The molecule has 0 bridgehead atoms. The molecule has 3 aromatic carbocycles. The first-order valence-electron chi connectivity index (χ1n) is 9.49. The van der Waals surface area contributed by atoms with Crippen LogP contribution in [0.3, 0.4) is 0 Å². The summed E-state index contributed by atoms with van der Waals surface area (Å²) in [6, 6.07) is 24.5. The van der Waals surface area contributed by atoms with Gasteiger partial charge in [0.1, 0.15) is 5.75 Å². The van der Waals surface area contributed by atoms with Gasteiger partial charge in [0.25, 0.3) is 0 Å². The van der Waals surface area contributed by atoms with Gasteiger partial charge in [0.05, 0.1) is 28.9 Å². The number of rotatable bonds is 3. The predicted molar refractivity (Wildman–Crippen MR) is 120 cm³/mol. The third kappa shape index (κ3) is 3.92. The topological polar surface area (TPSA) is 78.6 Å². The van der Waals surface area contributed by atoms with E-state index in [-0.39, 0.29) is 32.7 Å². The van der Waals surface area contributed by atoms with Crippen molar-refractivity contribution in [1.29, 1.82) is 0 Å². The summed E-state index contributed by atoms with van der Waals surface area (Å²) in [4.78, 5) is 13.3. The van der Waals surface area contributed by atoms with Crippen LogP contribution in [-0.2, 0) is 21.1 Å². The number of aromatic nitrogens is 2. The monoisotopic (exact) mass is 586 g/mol. The summed E-state index contributed by atoms with van der Waals surface area (Å²) in [5.41, 5.74) is 2.49. The summed E-state index contributed by atoms with van der Waals surface area (Å²) in [5.74, 6) is 0.120. The number of hydrogen-bond donors (Lipinski definition) is 2. The van der Waals surface area contributed by atoms with Crippen LogP contribution >= 0.6 is 0 Å². The maximum Gasteiger partial charge on any atom is 0.220 e. The van der Waals surface area contributed by atoms with Crippen LogP contribution in [0.15, 0.2) is 90.1 Å². The predicted octanol–water partition coefficient (Wildman–Crippen LogP) is 5.61. The molecule has 0 aliphatic heterocycles. The molecule has 2 aromatic heterocycles. The first-order valence-corrected chi connectivity index (χ1v) is 9.49. The fraction of sp³-hybridized carbons (Fsp3) is 0. The molecule has 6 heteroatoms. The molecule has 0 saturated heterocycles. The minimum atomic E-state index is -0.0675. The average molecular weight is 587 g/mol. The van der Waals surface area contributed by atoms with Gasteiger partial charge in [-0.25, -0.2) is 9.97 Å². The molecule has 154 valence electrons. The van der Waals surface area contributed by atoms with Gasteiger partial charge in [0, 0.05) is 38.0 Å². The molecule has 0 spiro atoms. The van der Waals surface area contributed by atoms with Crippen molar-refractivity contribution >= 4 is 33.4 Å². The fourth-order valence-corrected chi connectivity index (χ4v) is 3.60. The van der Waals surface area contributed by atoms with E-state index in [0.717, 1.165) is 16.2 Å². The Hall–Kier alpha value is -3.56. The second-order valence-electron chi connectivity index (χ2n) is 6.90. The first-order chi connectivity index (χ1) is 14.7.